The van der Waals surface area contributed by atoms with Crippen LogP contribution in [0.15, 0.2) is 47.4 Å². The van der Waals surface area contributed by atoms with Crippen LogP contribution in [0.5, 0.6) is 11.5 Å². The number of sulfonamides is 1. The summed E-state index contributed by atoms with van der Waals surface area (Å²) in [5, 5.41) is 2.75. The van der Waals surface area contributed by atoms with Crippen LogP contribution in [0.25, 0.3) is 0 Å². The van der Waals surface area contributed by atoms with Crippen LogP contribution >= 0.6 is 0 Å². The van der Waals surface area contributed by atoms with Crippen LogP contribution < -0.4 is 14.8 Å². The van der Waals surface area contributed by atoms with Crippen molar-refractivity contribution >= 4 is 21.6 Å². The van der Waals surface area contributed by atoms with Crippen molar-refractivity contribution in [2.75, 3.05) is 45.3 Å². The van der Waals surface area contributed by atoms with Gasteiger partial charge < -0.3 is 19.5 Å². The molecule has 0 spiro atoms. The van der Waals surface area contributed by atoms with E-state index in [1.54, 1.807) is 30.3 Å². The van der Waals surface area contributed by atoms with Gasteiger partial charge in [0.25, 0.3) is 5.91 Å². The zero-order valence-corrected chi connectivity index (χ0v) is 17.2. The number of amides is 1. The highest BCUT2D eigenvalue weighted by Crippen LogP contribution is 2.30. The van der Waals surface area contributed by atoms with Crippen molar-refractivity contribution in [3.05, 3.63) is 48.0 Å². The molecule has 0 radical (unpaired) electrons. The number of morpholine rings is 1. The van der Waals surface area contributed by atoms with Gasteiger partial charge in [0, 0.05) is 18.7 Å². The van der Waals surface area contributed by atoms with Crippen LogP contribution in [-0.4, -0.2) is 58.7 Å². The molecule has 3 rings (SSSR count). The average molecular weight is 420 g/mol. The summed E-state index contributed by atoms with van der Waals surface area (Å²) in [5.74, 6) is 0.543. The summed E-state index contributed by atoms with van der Waals surface area (Å²) < 4.78 is 43.2. The molecule has 0 bridgehead atoms. The Bertz CT molecular complexity index is 971. The Kier molecular flexibility index (Phi) is 6.73. The normalized spacial score (nSPS) is 15.0. The van der Waals surface area contributed by atoms with Crippen molar-refractivity contribution in [2.24, 2.45) is 0 Å². The smallest absolute Gasteiger partial charge is 0.255 e. The minimum absolute atomic E-state index is 0.0868. The lowest BCUT2D eigenvalue weighted by molar-refractivity contribution is 0.0730. The van der Waals surface area contributed by atoms with Crippen molar-refractivity contribution in [3.63, 3.8) is 0 Å². The SMILES string of the molecule is CCOc1ccc(S(=O)(=O)N2CCOCC2)cc1NC(=O)c1cccc(OC)c1. The first-order chi connectivity index (χ1) is 14.0. The van der Waals surface area contributed by atoms with E-state index in [4.69, 9.17) is 14.2 Å². The van der Waals surface area contributed by atoms with Crippen molar-refractivity contribution in [1.29, 1.82) is 0 Å². The third kappa shape index (κ3) is 4.87. The van der Waals surface area contributed by atoms with Crippen LogP contribution in [-0.2, 0) is 14.8 Å². The summed E-state index contributed by atoms with van der Waals surface area (Å²) in [4.78, 5) is 12.8. The predicted octanol–water partition coefficient (Wildman–Crippen LogP) is 2.37. The first-order valence-electron chi connectivity index (χ1n) is 9.26. The summed E-state index contributed by atoms with van der Waals surface area (Å²) in [7, 11) is -2.18. The lowest BCUT2D eigenvalue weighted by atomic mass is 10.2. The van der Waals surface area contributed by atoms with Crippen LogP contribution in [0.3, 0.4) is 0 Å². The van der Waals surface area contributed by atoms with E-state index < -0.39 is 15.9 Å². The van der Waals surface area contributed by atoms with Crippen LogP contribution in [0.1, 0.15) is 17.3 Å². The molecule has 0 aromatic heterocycles. The molecule has 2 aromatic rings. The quantitative estimate of drug-likeness (QED) is 0.739. The third-order valence-corrected chi connectivity index (χ3v) is 6.33. The first kappa shape index (κ1) is 21.1. The van der Waals surface area contributed by atoms with E-state index in [9.17, 15) is 13.2 Å². The Balaban J connectivity index is 1.91. The highest BCUT2D eigenvalue weighted by atomic mass is 32.2. The molecule has 0 saturated carbocycles. The van der Waals surface area contributed by atoms with Gasteiger partial charge in [-0.3, -0.25) is 4.79 Å². The third-order valence-electron chi connectivity index (χ3n) is 4.44. The van der Waals surface area contributed by atoms with Gasteiger partial charge in [0.05, 0.1) is 37.5 Å². The number of hydrogen-bond donors (Lipinski definition) is 1. The zero-order valence-electron chi connectivity index (χ0n) is 16.4. The van der Waals surface area contributed by atoms with E-state index in [-0.39, 0.29) is 10.6 Å². The molecule has 1 heterocycles. The summed E-state index contributed by atoms with van der Waals surface area (Å²) in [6, 6.07) is 11.1. The molecule has 1 amide bonds. The molecular formula is C20H24N2O6S. The number of nitrogens with one attached hydrogen (secondary N) is 1. The minimum Gasteiger partial charge on any atom is -0.497 e. The van der Waals surface area contributed by atoms with Crippen LogP contribution in [0, 0.1) is 0 Å². The summed E-state index contributed by atoms with van der Waals surface area (Å²) in [5.41, 5.74) is 0.669. The fourth-order valence-corrected chi connectivity index (χ4v) is 4.38. The zero-order chi connectivity index (χ0) is 20.9. The molecule has 1 saturated heterocycles. The molecular weight excluding hydrogens is 396 g/mol. The van der Waals surface area contributed by atoms with Gasteiger partial charge in [-0.05, 0) is 43.3 Å². The number of carbonyl (C=O) groups excluding carboxylic acids is 1. The Morgan fingerprint density at radius 2 is 1.93 bits per heavy atom. The van der Waals surface area contributed by atoms with Crippen LogP contribution in [0.4, 0.5) is 5.69 Å². The van der Waals surface area contributed by atoms with Gasteiger partial charge in [0.1, 0.15) is 11.5 Å². The largest absolute Gasteiger partial charge is 0.497 e. The predicted molar refractivity (Wildman–Crippen MR) is 108 cm³/mol. The molecule has 1 fully saturated rings. The fourth-order valence-electron chi connectivity index (χ4n) is 2.94. The van der Waals surface area contributed by atoms with E-state index in [0.717, 1.165) is 0 Å². The highest BCUT2D eigenvalue weighted by molar-refractivity contribution is 7.89. The maximum Gasteiger partial charge on any atom is 0.255 e. The number of ether oxygens (including phenoxy) is 3. The van der Waals surface area contributed by atoms with Gasteiger partial charge in [-0.2, -0.15) is 4.31 Å². The van der Waals surface area contributed by atoms with E-state index in [2.05, 4.69) is 5.32 Å². The molecule has 1 N–H and O–H groups in total. The molecule has 1 aliphatic rings. The maximum atomic E-state index is 12.9. The number of methoxy groups -OCH3 is 1. The van der Waals surface area contributed by atoms with Gasteiger partial charge in [-0.15, -0.1) is 0 Å². The van der Waals surface area contributed by atoms with Crippen molar-refractivity contribution in [3.8, 4) is 11.5 Å². The molecule has 1 aliphatic heterocycles. The fraction of sp³-hybridized carbons (Fsp3) is 0.350. The monoisotopic (exact) mass is 420 g/mol. The van der Waals surface area contributed by atoms with Crippen LogP contribution in [0.2, 0.25) is 0 Å². The first-order valence-corrected chi connectivity index (χ1v) is 10.7. The Morgan fingerprint density at radius 3 is 2.62 bits per heavy atom. The number of benzene rings is 2. The molecule has 2 aromatic carbocycles. The Morgan fingerprint density at radius 1 is 1.17 bits per heavy atom. The van der Waals surface area contributed by atoms with Crippen molar-refractivity contribution in [1.82, 2.24) is 4.31 Å². The number of carbonyl (C=O) groups is 1. The molecule has 156 valence electrons. The topological polar surface area (TPSA) is 94.2 Å². The van der Waals surface area contributed by atoms with Crippen molar-refractivity contribution < 1.29 is 27.4 Å². The van der Waals surface area contributed by atoms with E-state index in [0.29, 0.717) is 50.0 Å². The average Bonchev–Trinajstić information content (AvgIpc) is 2.75. The molecule has 9 heteroatoms. The van der Waals surface area contributed by atoms with E-state index in [1.807, 2.05) is 6.92 Å². The van der Waals surface area contributed by atoms with Gasteiger partial charge in [-0.1, -0.05) is 6.07 Å². The molecule has 0 unspecified atom stereocenters. The molecule has 0 atom stereocenters. The van der Waals surface area contributed by atoms with Gasteiger partial charge in [0.15, 0.2) is 0 Å². The number of hydrogen-bond acceptors (Lipinski definition) is 6. The Labute approximate surface area is 170 Å². The summed E-state index contributed by atoms with van der Waals surface area (Å²) in [6.45, 7) is 3.48. The lowest BCUT2D eigenvalue weighted by Gasteiger charge is -2.26. The second-order valence-electron chi connectivity index (χ2n) is 6.29. The molecule has 29 heavy (non-hydrogen) atoms. The highest BCUT2D eigenvalue weighted by Gasteiger charge is 2.27. The van der Waals surface area contributed by atoms with Gasteiger partial charge in [0.2, 0.25) is 10.0 Å². The molecule has 8 nitrogen and oxygen atoms in total. The van der Waals surface area contributed by atoms with E-state index in [1.165, 1.54) is 23.5 Å². The molecule has 0 aliphatic carbocycles. The van der Waals surface area contributed by atoms with Crippen molar-refractivity contribution in [2.45, 2.75) is 11.8 Å². The van der Waals surface area contributed by atoms with Gasteiger partial charge >= 0.3 is 0 Å². The minimum atomic E-state index is -3.70. The van der Waals surface area contributed by atoms with Gasteiger partial charge in [-0.25, -0.2) is 8.42 Å². The summed E-state index contributed by atoms with van der Waals surface area (Å²) >= 11 is 0. The summed E-state index contributed by atoms with van der Waals surface area (Å²) in [6.07, 6.45) is 0. The number of nitrogens with zero attached hydrogens (tertiary/aromatic N) is 1. The maximum absolute atomic E-state index is 12.9. The standard InChI is InChI=1S/C20H24N2O6S/c1-3-28-19-8-7-17(29(24,25)22-9-11-27-12-10-22)14-18(19)21-20(23)15-5-4-6-16(13-15)26-2/h4-8,13-14H,3,9-12H2,1-2H3,(H,21,23). The number of rotatable bonds is 7. The van der Waals surface area contributed by atoms with E-state index >= 15 is 0 Å². The lowest BCUT2D eigenvalue weighted by Crippen LogP contribution is -2.40. The Hall–Kier alpha value is -2.62. The second-order valence-corrected chi connectivity index (χ2v) is 8.23. The second kappa shape index (κ2) is 9.25. The number of anilines is 1.